The van der Waals surface area contributed by atoms with Crippen molar-refractivity contribution in [3.05, 3.63) is 93.6 Å². The van der Waals surface area contributed by atoms with E-state index in [0.29, 0.717) is 5.92 Å². The second-order valence-corrected chi connectivity index (χ2v) is 7.53. The van der Waals surface area contributed by atoms with Gasteiger partial charge in [0.15, 0.2) is 0 Å². The van der Waals surface area contributed by atoms with E-state index in [4.69, 9.17) is 0 Å². The highest BCUT2D eigenvalue weighted by Gasteiger charge is 2.39. The monoisotopic (exact) mass is 356 g/mol. The van der Waals surface area contributed by atoms with Crippen LogP contribution >= 0.6 is 0 Å². The molecule has 1 N–H and O–H groups in total. The lowest BCUT2D eigenvalue weighted by atomic mass is 9.75. The zero-order valence-electron chi connectivity index (χ0n) is 15.1. The minimum atomic E-state index is -0.294. The van der Waals surface area contributed by atoms with E-state index in [1.807, 2.05) is 6.92 Å². The Morgan fingerprint density at radius 3 is 2.74 bits per heavy atom. The molecule has 0 amide bonds. The Labute approximate surface area is 157 Å². The minimum absolute atomic E-state index is 0.177. The third-order valence-electron chi connectivity index (χ3n) is 6.02. The van der Waals surface area contributed by atoms with E-state index in [1.54, 1.807) is 12.1 Å². The van der Waals surface area contributed by atoms with E-state index >= 15 is 0 Å². The number of nitro groups is 1. The van der Waals surface area contributed by atoms with Crippen molar-refractivity contribution < 1.29 is 4.92 Å². The zero-order valence-corrected chi connectivity index (χ0v) is 15.1. The number of nitro benzene ring substituents is 1. The van der Waals surface area contributed by atoms with Crippen LogP contribution in [0.3, 0.4) is 0 Å². The molecular formula is C23H20N2O2. The molecule has 0 saturated heterocycles. The second kappa shape index (κ2) is 5.95. The summed E-state index contributed by atoms with van der Waals surface area (Å²) in [6, 6.07) is 18.6. The molecule has 4 nitrogen and oxygen atoms in total. The number of allylic oxidation sites excluding steroid dienone is 2. The third kappa shape index (κ3) is 2.44. The smallest absolute Gasteiger partial charge is 0.270 e. The molecule has 0 aromatic heterocycles. The van der Waals surface area contributed by atoms with Crippen molar-refractivity contribution in [2.24, 2.45) is 5.92 Å². The number of nitrogens with zero attached hydrogens (tertiary/aromatic N) is 1. The fraction of sp³-hybridized carbons (Fsp3) is 0.217. The molecule has 2 aliphatic rings. The first-order valence-corrected chi connectivity index (χ1v) is 9.33. The predicted octanol–water partition coefficient (Wildman–Crippen LogP) is 5.88. The highest BCUT2D eigenvalue weighted by atomic mass is 16.6. The number of fused-ring (bicyclic) bond motifs is 4. The summed E-state index contributed by atoms with van der Waals surface area (Å²) in [6.45, 7) is 1.96. The van der Waals surface area contributed by atoms with Crippen LogP contribution in [0, 0.1) is 23.0 Å². The molecule has 3 atom stereocenters. The van der Waals surface area contributed by atoms with Crippen molar-refractivity contribution in [1.29, 1.82) is 0 Å². The van der Waals surface area contributed by atoms with Gasteiger partial charge in [-0.25, -0.2) is 0 Å². The summed E-state index contributed by atoms with van der Waals surface area (Å²) >= 11 is 0. The number of rotatable bonds is 2. The third-order valence-corrected chi connectivity index (χ3v) is 6.02. The first kappa shape index (κ1) is 16.1. The Bertz CT molecular complexity index is 1100. The lowest BCUT2D eigenvalue weighted by Crippen LogP contribution is -2.29. The van der Waals surface area contributed by atoms with Gasteiger partial charge in [-0.1, -0.05) is 54.6 Å². The molecule has 0 bridgehead atoms. The van der Waals surface area contributed by atoms with E-state index in [9.17, 15) is 10.1 Å². The fourth-order valence-corrected chi connectivity index (χ4v) is 4.80. The molecule has 0 fully saturated rings. The molecule has 0 unspecified atom stereocenters. The van der Waals surface area contributed by atoms with Crippen LogP contribution in [0.5, 0.6) is 0 Å². The molecule has 3 aromatic rings. The molecule has 3 aromatic carbocycles. The summed E-state index contributed by atoms with van der Waals surface area (Å²) in [6.07, 6.45) is 5.43. The Kier molecular flexibility index (Phi) is 3.54. The largest absolute Gasteiger partial charge is 0.377 e. The molecule has 1 aliphatic carbocycles. The number of aryl methyl sites for hydroxylation is 1. The highest BCUT2D eigenvalue weighted by Crippen LogP contribution is 2.52. The molecule has 1 aliphatic heterocycles. The summed E-state index contributed by atoms with van der Waals surface area (Å²) in [5.41, 5.74) is 4.51. The molecule has 0 saturated carbocycles. The van der Waals surface area contributed by atoms with E-state index in [1.165, 1.54) is 16.3 Å². The Morgan fingerprint density at radius 2 is 1.89 bits per heavy atom. The van der Waals surface area contributed by atoms with Gasteiger partial charge in [0.25, 0.3) is 5.69 Å². The van der Waals surface area contributed by atoms with Crippen molar-refractivity contribution in [3.63, 3.8) is 0 Å². The maximum absolute atomic E-state index is 11.3. The Balaban J connectivity index is 1.68. The second-order valence-electron chi connectivity index (χ2n) is 7.53. The molecule has 134 valence electrons. The zero-order chi connectivity index (χ0) is 18.5. The molecule has 5 rings (SSSR count). The summed E-state index contributed by atoms with van der Waals surface area (Å²) < 4.78 is 0. The van der Waals surface area contributed by atoms with Crippen LogP contribution < -0.4 is 5.32 Å². The number of hydrogen-bond donors (Lipinski definition) is 1. The standard InChI is InChI=1S/C23H20N2O2/c1-14-12-16(25(26)27)13-21-18-9-5-11-20(18)23(24-22(14)21)19-10-4-7-15-6-2-3-8-17(15)19/h2-10,12-13,18,20,23-24H,11H2,1H3/t18-,20+,23+/m0/s1. The first-order valence-electron chi connectivity index (χ1n) is 9.33. The lowest BCUT2D eigenvalue weighted by molar-refractivity contribution is -0.385. The van der Waals surface area contributed by atoms with Crippen molar-refractivity contribution in [1.82, 2.24) is 0 Å². The molecule has 27 heavy (non-hydrogen) atoms. The average Bonchev–Trinajstić information content (AvgIpc) is 3.17. The van der Waals surface area contributed by atoms with Crippen LogP contribution in [0.15, 0.2) is 66.7 Å². The number of hydrogen-bond acceptors (Lipinski definition) is 3. The van der Waals surface area contributed by atoms with E-state index in [2.05, 4.69) is 59.9 Å². The van der Waals surface area contributed by atoms with Gasteiger partial charge < -0.3 is 5.32 Å². The van der Waals surface area contributed by atoms with E-state index < -0.39 is 0 Å². The number of nitrogens with one attached hydrogen (secondary N) is 1. The van der Waals surface area contributed by atoms with Gasteiger partial charge in [-0.2, -0.15) is 0 Å². The van der Waals surface area contributed by atoms with Crippen molar-refractivity contribution in [2.75, 3.05) is 5.32 Å². The summed E-state index contributed by atoms with van der Waals surface area (Å²) in [5.74, 6) is 0.577. The predicted molar refractivity (Wildman–Crippen MR) is 108 cm³/mol. The van der Waals surface area contributed by atoms with Gasteiger partial charge in [0.05, 0.1) is 11.0 Å². The van der Waals surface area contributed by atoms with Crippen molar-refractivity contribution in [2.45, 2.75) is 25.3 Å². The number of benzene rings is 3. The van der Waals surface area contributed by atoms with Gasteiger partial charge in [-0.15, -0.1) is 0 Å². The summed E-state index contributed by atoms with van der Waals surface area (Å²) in [5, 5.41) is 17.6. The van der Waals surface area contributed by atoms with Gasteiger partial charge in [0.2, 0.25) is 0 Å². The summed E-state index contributed by atoms with van der Waals surface area (Å²) in [7, 11) is 0. The van der Waals surface area contributed by atoms with Crippen LogP contribution in [-0.2, 0) is 0 Å². The topological polar surface area (TPSA) is 55.2 Å². The number of anilines is 1. The normalized spacial score (nSPS) is 22.9. The van der Waals surface area contributed by atoms with Crippen LogP contribution in [0.1, 0.15) is 35.1 Å². The van der Waals surface area contributed by atoms with Gasteiger partial charge in [-0.3, -0.25) is 10.1 Å². The van der Waals surface area contributed by atoms with Crippen molar-refractivity contribution >= 4 is 22.1 Å². The Morgan fingerprint density at radius 1 is 1.07 bits per heavy atom. The van der Waals surface area contributed by atoms with Crippen molar-refractivity contribution in [3.8, 4) is 0 Å². The van der Waals surface area contributed by atoms with Crippen LogP contribution in [0.4, 0.5) is 11.4 Å². The quantitative estimate of drug-likeness (QED) is 0.354. The van der Waals surface area contributed by atoms with Gasteiger partial charge >= 0.3 is 0 Å². The maximum atomic E-state index is 11.3. The average molecular weight is 356 g/mol. The maximum Gasteiger partial charge on any atom is 0.270 e. The minimum Gasteiger partial charge on any atom is -0.377 e. The lowest BCUT2D eigenvalue weighted by Gasteiger charge is -2.38. The highest BCUT2D eigenvalue weighted by molar-refractivity contribution is 5.87. The molecule has 4 heteroatoms. The van der Waals surface area contributed by atoms with E-state index in [0.717, 1.165) is 23.2 Å². The van der Waals surface area contributed by atoms with Crippen LogP contribution in [-0.4, -0.2) is 4.92 Å². The molecule has 0 radical (unpaired) electrons. The molecular weight excluding hydrogens is 336 g/mol. The molecule has 0 spiro atoms. The van der Waals surface area contributed by atoms with E-state index in [-0.39, 0.29) is 22.6 Å². The van der Waals surface area contributed by atoms with Gasteiger partial charge in [0, 0.05) is 23.7 Å². The Hall–Kier alpha value is -3.14. The summed E-state index contributed by atoms with van der Waals surface area (Å²) in [4.78, 5) is 11.0. The van der Waals surface area contributed by atoms with Gasteiger partial charge in [-0.05, 0) is 46.7 Å². The number of non-ortho nitro benzene ring substituents is 1. The fourth-order valence-electron chi connectivity index (χ4n) is 4.80. The molecule has 1 heterocycles. The van der Waals surface area contributed by atoms with Crippen LogP contribution in [0.25, 0.3) is 10.8 Å². The first-order chi connectivity index (χ1) is 13.1. The SMILES string of the molecule is Cc1cc([N+](=O)[O-])cc2c1N[C@H](c1cccc3ccccc13)[C@@H]1CC=C[C@H]21. The van der Waals surface area contributed by atoms with Crippen LogP contribution in [0.2, 0.25) is 0 Å². The van der Waals surface area contributed by atoms with Gasteiger partial charge in [0.1, 0.15) is 0 Å².